The zero-order valence-electron chi connectivity index (χ0n) is 12.2. The third kappa shape index (κ3) is 3.28. The highest BCUT2D eigenvalue weighted by Crippen LogP contribution is 2.21. The van der Waals surface area contributed by atoms with E-state index in [0.717, 1.165) is 29.5 Å². The third-order valence-corrected chi connectivity index (χ3v) is 4.93. The standard InChI is InChI=1S/C16H18ClN3S/c1-11-7-14-15(8-12(11)2)20(10-19-14)6-5-18-9-13-3-4-16(17)21-13/h3-4,7-8,10,18H,5-6,9H2,1-2H3. The molecular formula is C16H18ClN3S. The molecule has 0 bridgehead atoms. The van der Waals surface area contributed by atoms with Crippen LogP contribution in [0, 0.1) is 13.8 Å². The number of imidazole rings is 1. The van der Waals surface area contributed by atoms with Gasteiger partial charge in [0.2, 0.25) is 0 Å². The highest BCUT2D eigenvalue weighted by Gasteiger charge is 2.05. The Bertz CT molecular complexity index is 760. The number of hydrogen-bond acceptors (Lipinski definition) is 3. The highest BCUT2D eigenvalue weighted by atomic mass is 35.5. The fraction of sp³-hybridized carbons (Fsp3) is 0.312. The first-order valence-corrected chi connectivity index (χ1v) is 8.20. The zero-order chi connectivity index (χ0) is 14.8. The predicted molar refractivity (Wildman–Crippen MR) is 90.2 cm³/mol. The van der Waals surface area contributed by atoms with E-state index in [9.17, 15) is 0 Å². The Morgan fingerprint density at radius 3 is 2.81 bits per heavy atom. The number of nitrogens with zero attached hydrogens (tertiary/aromatic N) is 2. The predicted octanol–water partition coefficient (Wildman–Crippen LogP) is 4.16. The first-order chi connectivity index (χ1) is 10.1. The monoisotopic (exact) mass is 319 g/mol. The lowest BCUT2D eigenvalue weighted by atomic mass is 10.1. The Hall–Kier alpha value is -1.36. The number of rotatable bonds is 5. The van der Waals surface area contributed by atoms with E-state index < -0.39 is 0 Å². The van der Waals surface area contributed by atoms with Gasteiger partial charge < -0.3 is 9.88 Å². The number of thiophene rings is 1. The van der Waals surface area contributed by atoms with Crippen LogP contribution >= 0.6 is 22.9 Å². The third-order valence-electron chi connectivity index (χ3n) is 3.69. The lowest BCUT2D eigenvalue weighted by Crippen LogP contribution is -2.18. The molecule has 2 aromatic heterocycles. The van der Waals surface area contributed by atoms with Crippen LogP contribution in [0.25, 0.3) is 11.0 Å². The van der Waals surface area contributed by atoms with Gasteiger partial charge in [-0.05, 0) is 49.2 Å². The molecule has 21 heavy (non-hydrogen) atoms. The molecule has 0 aliphatic heterocycles. The molecule has 0 atom stereocenters. The quantitative estimate of drug-likeness (QED) is 0.716. The second kappa shape index (κ2) is 6.18. The largest absolute Gasteiger partial charge is 0.329 e. The van der Waals surface area contributed by atoms with Gasteiger partial charge in [0.15, 0.2) is 0 Å². The summed E-state index contributed by atoms with van der Waals surface area (Å²) in [6.45, 7) is 6.96. The molecule has 110 valence electrons. The minimum atomic E-state index is 0.846. The van der Waals surface area contributed by atoms with Gasteiger partial charge in [0.05, 0.1) is 21.7 Å². The van der Waals surface area contributed by atoms with Crippen molar-refractivity contribution in [1.82, 2.24) is 14.9 Å². The second-order valence-corrected chi connectivity index (χ2v) is 7.05. The van der Waals surface area contributed by atoms with E-state index in [0.29, 0.717) is 0 Å². The van der Waals surface area contributed by atoms with E-state index in [2.05, 4.69) is 46.9 Å². The molecule has 3 aromatic rings. The summed E-state index contributed by atoms with van der Waals surface area (Å²) in [6.07, 6.45) is 1.92. The van der Waals surface area contributed by atoms with Crippen LogP contribution < -0.4 is 5.32 Å². The lowest BCUT2D eigenvalue weighted by Gasteiger charge is -2.07. The van der Waals surface area contributed by atoms with Crippen molar-refractivity contribution >= 4 is 34.0 Å². The smallest absolute Gasteiger partial charge is 0.0958 e. The molecule has 3 nitrogen and oxygen atoms in total. The fourth-order valence-corrected chi connectivity index (χ4v) is 3.41. The number of benzene rings is 1. The average molecular weight is 320 g/mol. The van der Waals surface area contributed by atoms with E-state index >= 15 is 0 Å². The van der Waals surface area contributed by atoms with Crippen LogP contribution in [0.15, 0.2) is 30.6 Å². The number of nitrogens with one attached hydrogen (secondary N) is 1. The van der Waals surface area contributed by atoms with Gasteiger partial charge in [-0.15, -0.1) is 11.3 Å². The minimum Gasteiger partial charge on any atom is -0.329 e. The maximum atomic E-state index is 5.93. The molecule has 0 aliphatic rings. The van der Waals surface area contributed by atoms with E-state index in [4.69, 9.17) is 11.6 Å². The fourth-order valence-electron chi connectivity index (χ4n) is 2.35. The number of halogens is 1. The van der Waals surface area contributed by atoms with Crippen molar-refractivity contribution in [3.63, 3.8) is 0 Å². The van der Waals surface area contributed by atoms with E-state index in [1.807, 2.05) is 12.4 Å². The summed E-state index contributed by atoms with van der Waals surface area (Å²) < 4.78 is 3.05. The molecule has 1 N–H and O–H groups in total. The van der Waals surface area contributed by atoms with Gasteiger partial charge in [-0.1, -0.05) is 11.6 Å². The minimum absolute atomic E-state index is 0.846. The van der Waals surface area contributed by atoms with E-state index in [-0.39, 0.29) is 0 Å². The van der Waals surface area contributed by atoms with Crippen molar-refractivity contribution in [2.45, 2.75) is 26.9 Å². The van der Waals surface area contributed by atoms with Crippen molar-refractivity contribution in [1.29, 1.82) is 0 Å². The average Bonchev–Trinajstić information content (AvgIpc) is 3.03. The maximum Gasteiger partial charge on any atom is 0.0958 e. The van der Waals surface area contributed by atoms with Crippen LogP contribution in [0.1, 0.15) is 16.0 Å². The second-order valence-electron chi connectivity index (χ2n) is 5.25. The molecule has 3 rings (SSSR count). The van der Waals surface area contributed by atoms with Gasteiger partial charge in [0.25, 0.3) is 0 Å². The van der Waals surface area contributed by atoms with Gasteiger partial charge >= 0.3 is 0 Å². The van der Waals surface area contributed by atoms with Crippen LogP contribution in [0.5, 0.6) is 0 Å². The van der Waals surface area contributed by atoms with Crippen molar-refractivity contribution in [2.75, 3.05) is 6.54 Å². The topological polar surface area (TPSA) is 29.9 Å². The Kier molecular flexibility index (Phi) is 4.29. The first-order valence-electron chi connectivity index (χ1n) is 7.00. The summed E-state index contributed by atoms with van der Waals surface area (Å²) in [5.74, 6) is 0. The van der Waals surface area contributed by atoms with Gasteiger partial charge in [-0.2, -0.15) is 0 Å². The van der Waals surface area contributed by atoms with Crippen molar-refractivity contribution in [2.24, 2.45) is 0 Å². The molecule has 0 radical (unpaired) electrons. The Labute approximate surface area is 133 Å². The zero-order valence-corrected chi connectivity index (χ0v) is 13.8. The number of fused-ring (bicyclic) bond motifs is 1. The summed E-state index contributed by atoms with van der Waals surface area (Å²) in [4.78, 5) is 5.75. The molecule has 5 heteroatoms. The van der Waals surface area contributed by atoms with E-state index in [1.165, 1.54) is 21.5 Å². The Balaban J connectivity index is 1.61. The molecule has 0 aliphatic carbocycles. The summed E-state index contributed by atoms with van der Waals surface area (Å²) >= 11 is 7.55. The molecule has 2 heterocycles. The molecular weight excluding hydrogens is 302 g/mol. The molecule has 0 fully saturated rings. The molecule has 0 saturated carbocycles. The molecule has 0 saturated heterocycles. The highest BCUT2D eigenvalue weighted by molar-refractivity contribution is 7.16. The summed E-state index contributed by atoms with van der Waals surface area (Å²) in [5.41, 5.74) is 4.88. The van der Waals surface area contributed by atoms with Gasteiger partial charge in [0, 0.05) is 24.5 Å². The Morgan fingerprint density at radius 2 is 2.05 bits per heavy atom. The van der Waals surface area contributed by atoms with Crippen molar-refractivity contribution in [3.05, 3.63) is 50.9 Å². The molecule has 0 spiro atoms. The van der Waals surface area contributed by atoms with Gasteiger partial charge in [-0.3, -0.25) is 0 Å². The number of aryl methyl sites for hydroxylation is 2. The molecule has 0 amide bonds. The number of aromatic nitrogens is 2. The first kappa shape index (κ1) is 14.6. The van der Waals surface area contributed by atoms with Crippen LogP contribution in [-0.2, 0) is 13.1 Å². The van der Waals surface area contributed by atoms with Crippen molar-refractivity contribution < 1.29 is 0 Å². The van der Waals surface area contributed by atoms with Crippen LogP contribution in [0.3, 0.4) is 0 Å². The molecule has 1 aromatic carbocycles. The molecule has 0 unspecified atom stereocenters. The summed E-state index contributed by atoms with van der Waals surface area (Å²) in [5, 5.41) is 3.45. The Morgan fingerprint density at radius 1 is 1.24 bits per heavy atom. The maximum absolute atomic E-state index is 5.93. The van der Waals surface area contributed by atoms with Crippen LogP contribution in [0.2, 0.25) is 4.34 Å². The SMILES string of the molecule is Cc1cc2ncn(CCNCc3ccc(Cl)s3)c2cc1C. The van der Waals surface area contributed by atoms with Crippen LogP contribution in [0.4, 0.5) is 0 Å². The van der Waals surface area contributed by atoms with Crippen LogP contribution in [-0.4, -0.2) is 16.1 Å². The van der Waals surface area contributed by atoms with Crippen molar-refractivity contribution in [3.8, 4) is 0 Å². The van der Waals surface area contributed by atoms with Gasteiger partial charge in [0.1, 0.15) is 0 Å². The van der Waals surface area contributed by atoms with Gasteiger partial charge in [-0.25, -0.2) is 4.98 Å². The number of hydrogen-bond donors (Lipinski definition) is 1. The lowest BCUT2D eigenvalue weighted by molar-refractivity contribution is 0.610. The summed E-state index contributed by atoms with van der Waals surface area (Å²) in [6, 6.07) is 8.38. The summed E-state index contributed by atoms with van der Waals surface area (Å²) in [7, 11) is 0. The van der Waals surface area contributed by atoms with E-state index in [1.54, 1.807) is 11.3 Å². The normalized spacial score (nSPS) is 11.4.